The monoisotopic (exact) mass is 217 g/mol. The van der Waals surface area contributed by atoms with Crippen LogP contribution in [0.5, 0.6) is 0 Å². The van der Waals surface area contributed by atoms with Crippen LogP contribution in [0.2, 0.25) is 0 Å². The molecule has 0 saturated carbocycles. The molecule has 1 heterocycles. The van der Waals surface area contributed by atoms with Crippen LogP contribution in [0.4, 0.5) is 0 Å². The summed E-state index contributed by atoms with van der Waals surface area (Å²) in [6.07, 6.45) is 1.08. The van der Waals surface area contributed by atoms with Crippen LogP contribution in [0.15, 0.2) is 0 Å². The van der Waals surface area contributed by atoms with Gasteiger partial charge in [0.1, 0.15) is 5.60 Å². The van der Waals surface area contributed by atoms with Crippen molar-refractivity contribution < 1.29 is 9.90 Å². The Morgan fingerprint density at radius 1 is 1.64 bits per heavy atom. The van der Waals surface area contributed by atoms with E-state index in [0.717, 1.165) is 25.3 Å². The molecule has 1 unspecified atom stereocenters. The van der Waals surface area contributed by atoms with Crippen molar-refractivity contribution in [1.82, 2.24) is 4.90 Å². The molecule has 1 atom stereocenters. The predicted octanol–water partition coefficient (Wildman–Crippen LogP) is 1.11. The van der Waals surface area contributed by atoms with Crippen LogP contribution < -0.4 is 0 Å². The van der Waals surface area contributed by atoms with Crippen LogP contribution in [0.1, 0.15) is 27.2 Å². The van der Waals surface area contributed by atoms with Gasteiger partial charge in [0.05, 0.1) is 0 Å². The van der Waals surface area contributed by atoms with Gasteiger partial charge < -0.3 is 10.0 Å². The van der Waals surface area contributed by atoms with E-state index in [-0.39, 0.29) is 5.91 Å². The van der Waals surface area contributed by atoms with E-state index in [0.29, 0.717) is 5.25 Å². The van der Waals surface area contributed by atoms with Crippen molar-refractivity contribution in [3.8, 4) is 0 Å². The van der Waals surface area contributed by atoms with Crippen molar-refractivity contribution in [1.29, 1.82) is 0 Å². The smallest absolute Gasteiger partial charge is 0.254 e. The molecule has 1 N–H and O–H groups in total. The molecule has 1 aliphatic heterocycles. The normalized spacial score (nSPS) is 23.7. The topological polar surface area (TPSA) is 40.5 Å². The van der Waals surface area contributed by atoms with Crippen molar-refractivity contribution in [3.63, 3.8) is 0 Å². The largest absolute Gasteiger partial charge is 0.381 e. The van der Waals surface area contributed by atoms with Gasteiger partial charge in [-0.05, 0) is 20.3 Å². The van der Waals surface area contributed by atoms with Crippen LogP contribution in [-0.2, 0) is 4.79 Å². The van der Waals surface area contributed by atoms with Gasteiger partial charge in [0.15, 0.2) is 0 Å². The number of aliphatic hydroxyl groups is 1. The zero-order valence-electron chi connectivity index (χ0n) is 9.12. The first-order valence-corrected chi connectivity index (χ1v) is 6.13. The highest BCUT2D eigenvalue weighted by Crippen LogP contribution is 2.22. The van der Waals surface area contributed by atoms with Gasteiger partial charge in [-0.15, -0.1) is 0 Å². The summed E-state index contributed by atoms with van der Waals surface area (Å²) in [5, 5.41) is 10.1. The molecule has 1 rings (SSSR count). The minimum Gasteiger partial charge on any atom is -0.381 e. The lowest BCUT2D eigenvalue weighted by Crippen LogP contribution is -2.50. The van der Waals surface area contributed by atoms with E-state index in [4.69, 9.17) is 0 Å². The van der Waals surface area contributed by atoms with Gasteiger partial charge in [-0.1, -0.05) is 6.92 Å². The average Bonchev–Trinajstić information content (AvgIpc) is 2.15. The molecule has 3 nitrogen and oxygen atoms in total. The molecule has 0 bridgehead atoms. The van der Waals surface area contributed by atoms with Gasteiger partial charge in [-0.25, -0.2) is 0 Å². The van der Waals surface area contributed by atoms with Crippen LogP contribution in [0.3, 0.4) is 0 Å². The van der Waals surface area contributed by atoms with E-state index in [9.17, 15) is 9.90 Å². The molecular formula is C10H19NO2S. The summed E-state index contributed by atoms with van der Waals surface area (Å²) in [6, 6.07) is 0. The first-order valence-electron chi connectivity index (χ1n) is 5.08. The fraction of sp³-hybridized carbons (Fsp3) is 0.900. The fourth-order valence-corrected chi connectivity index (χ4v) is 2.72. The lowest BCUT2D eigenvalue weighted by molar-refractivity contribution is -0.147. The van der Waals surface area contributed by atoms with Gasteiger partial charge >= 0.3 is 0 Å². The average molecular weight is 217 g/mol. The van der Waals surface area contributed by atoms with Crippen LogP contribution in [0.25, 0.3) is 0 Å². The summed E-state index contributed by atoms with van der Waals surface area (Å²) < 4.78 is 0. The summed E-state index contributed by atoms with van der Waals surface area (Å²) in [5.41, 5.74) is -1.22. The van der Waals surface area contributed by atoms with E-state index >= 15 is 0 Å². The zero-order chi connectivity index (χ0) is 10.8. The molecular weight excluding hydrogens is 198 g/mol. The van der Waals surface area contributed by atoms with E-state index in [1.54, 1.807) is 18.7 Å². The molecule has 1 aliphatic rings. The Morgan fingerprint density at radius 2 is 2.29 bits per heavy atom. The van der Waals surface area contributed by atoms with E-state index in [1.807, 2.05) is 11.8 Å². The van der Waals surface area contributed by atoms with E-state index < -0.39 is 5.60 Å². The maximum absolute atomic E-state index is 11.7. The number of nitrogens with zero attached hydrogens (tertiary/aromatic N) is 1. The molecule has 1 fully saturated rings. The molecule has 0 aromatic carbocycles. The van der Waals surface area contributed by atoms with Gasteiger partial charge in [0.2, 0.25) is 0 Å². The van der Waals surface area contributed by atoms with Gasteiger partial charge in [0, 0.05) is 24.1 Å². The lowest BCUT2D eigenvalue weighted by Gasteiger charge is -2.35. The number of hydrogen-bond acceptors (Lipinski definition) is 3. The molecule has 1 saturated heterocycles. The van der Waals surface area contributed by atoms with Crippen molar-refractivity contribution >= 4 is 17.7 Å². The predicted molar refractivity (Wildman–Crippen MR) is 59.4 cm³/mol. The Morgan fingerprint density at radius 3 is 2.79 bits per heavy atom. The zero-order valence-corrected chi connectivity index (χ0v) is 9.93. The van der Waals surface area contributed by atoms with Crippen molar-refractivity contribution in [3.05, 3.63) is 0 Å². The molecule has 0 aromatic rings. The summed E-state index contributed by atoms with van der Waals surface area (Å²) in [6.45, 7) is 6.79. The highest BCUT2D eigenvalue weighted by Gasteiger charge is 2.32. The second-order valence-electron chi connectivity index (χ2n) is 4.21. The molecule has 0 radical (unpaired) electrons. The number of amides is 1. The Bertz CT molecular complexity index is 213. The number of hydrogen-bond donors (Lipinski definition) is 1. The Balaban J connectivity index is 2.56. The van der Waals surface area contributed by atoms with Crippen molar-refractivity contribution in [2.75, 3.05) is 18.8 Å². The highest BCUT2D eigenvalue weighted by molar-refractivity contribution is 8.00. The van der Waals surface area contributed by atoms with Gasteiger partial charge in [0.25, 0.3) is 5.91 Å². The molecule has 4 heteroatoms. The number of rotatable bonds is 2. The first kappa shape index (κ1) is 11.9. The summed E-state index contributed by atoms with van der Waals surface area (Å²) >= 11 is 1.92. The third-order valence-corrected chi connectivity index (χ3v) is 3.78. The SMILES string of the molecule is CCC1CN(C(=O)C(C)(C)O)CCS1. The lowest BCUT2D eigenvalue weighted by atomic mass is 10.1. The Hall–Kier alpha value is -0.220. The number of carbonyl (C=O) groups excluding carboxylic acids is 1. The minimum absolute atomic E-state index is 0.142. The van der Waals surface area contributed by atoms with Crippen molar-refractivity contribution in [2.24, 2.45) is 0 Å². The third kappa shape index (κ3) is 2.89. The number of thioether (sulfide) groups is 1. The first-order chi connectivity index (χ1) is 6.45. The highest BCUT2D eigenvalue weighted by atomic mass is 32.2. The minimum atomic E-state index is -1.22. The van der Waals surface area contributed by atoms with Crippen LogP contribution >= 0.6 is 11.8 Å². The Kier molecular flexibility index (Phi) is 3.84. The van der Waals surface area contributed by atoms with E-state index in [2.05, 4.69) is 6.92 Å². The van der Waals surface area contributed by atoms with Crippen molar-refractivity contribution in [2.45, 2.75) is 38.0 Å². The van der Waals surface area contributed by atoms with E-state index in [1.165, 1.54) is 0 Å². The molecule has 0 aliphatic carbocycles. The van der Waals surface area contributed by atoms with Gasteiger partial charge in [-0.3, -0.25) is 4.79 Å². The molecule has 82 valence electrons. The second kappa shape index (κ2) is 4.53. The summed E-state index contributed by atoms with van der Waals surface area (Å²) in [4.78, 5) is 13.5. The van der Waals surface area contributed by atoms with Crippen LogP contribution in [0, 0.1) is 0 Å². The molecule has 1 amide bonds. The third-order valence-electron chi connectivity index (χ3n) is 2.40. The fourth-order valence-electron chi connectivity index (χ4n) is 1.54. The van der Waals surface area contributed by atoms with Gasteiger partial charge in [-0.2, -0.15) is 11.8 Å². The summed E-state index contributed by atoms with van der Waals surface area (Å²) in [5.74, 6) is 0.844. The maximum Gasteiger partial charge on any atom is 0.254 e. The molecule has 0 spiro atoms. The standard InChI is InChI=1S/C10H19NO2S/c1-4-8-7-11(5-6-14-8)9(12)10(2,3)13/h8,13H,4-7H2,1-3H3. The molecule has 0 aromatic heterocycles. The quantitative estimate of drug-likeness (QED) is 0.753. The van der Waals surface area contributed by atoms with Crippen LogP contribution in [-0.4, -0.2) is 45.6 Å². The Labute approximate surface area is 89.9 Å². The second-order valence-corrected chi connectivity index (χ2v) is 5.62. The summed E-state index contributed by atoms with van der Waals surface area (Å²) in [7, 11) is 0. The number of carbonyl (C=O) groups is 1. The maximum atomic E-state index is 11.7. The molecule has 14 heavy (non-hydrogen) atoms.